The summed E-state index contributed by atoms with van der Waals surface area (Å²) in [6.45, 7) is 0. The highest BCUT2D eigenvalue weighted by atomic mass is 79.9. The Labute approximate surface area is 133 Å². The Morgan fingerprint density at radius 2 is 2.00 bits per heavy atom. The quantitative estimate of drug-likeness (QED) is 0.641. The lowest BCUT2D eigenvalue weighted by atomic mass is 10.2. The molecule has 0 aliphatic heterocycles. The molecule has 21 heavy (non-hydrogen) atoms. The van der Waals surface area contributed by atoms with E-state index in [9.17, 15) is 9.18 Å². The van der Waals surface area contributed by atoms with Crippen LogP contribution in [-0.4, -0.2) is 9.55 Å². The van der Waals surface area contributed by atoms with Gasteiger partial charge in [0.05, 0.1) is 26.9 Å². The van der Waals surface area contributed by atoms with Crippen molar-refractivity contribution in [1.82, 2.24) is 9.55 Å². The highest BCUT2D eigenvalue weighted by Crippen LogP contribution is 2.20. The number of alkyl halides is 1. The zero-order valence-corrected chi connectivity index (χ0v) is 13.0. The standard InChI is InChI=1S/C15H9BrClFN2O/c16-11-7-9(5-6-12(11)18)20-14(8-17)19-13-4-2-1-3-10(13)15(20)21/h1-7H,8H2. The minimum atomic E-state index is -0.395. The molecule has 0 bridgehead atoms. The van der Waals surface area contributed by atoms with Crippen LogP contribution in [0.25, 0.3) is 16.6 Å². The molecule has 1 heterocycles. The van der Waals surface area contributed by atoms with E-state index in [0.717, 1.165) is 0 Å². The smallest absolute Gasteiger partial charge is 0.266 e. The number of benzene rings is 2. The van der Waals surface area contributed by atoms with Gasteiger partial charge in [0.1, 0.15) is 11.6 Å². The maximum absolute atomic E-state index is 13.4. The molecule has 0 unspecified atom stereocenters. The fourth-order valence-electron chi connectivity index (χ4n) is 2.16. The van der Waals surface area contributed by atoms with E-state index >= 15 is 0 Å². The van der Waals surface area contributed by atoms with E-state index < -0.39 is 5.82 Å². The highest BCUT2D eigenvalue weighted by molar-refractivity contribution is 9.10. The number of fused-ring (bicyclic) bond motifs is 1. The zero-order valence-electron chi connectivity index (χ0n) is 10.7. The molecular formula is C15H9BrClFN2O. The van der Waals surface area contributed by atoms with Crippen LogP contribution < -0.4 is 5.56 Å². The molecule has 0 fully saturated rings. The number of hydrogen-bond acceptors (Lipinski definition) is 2. The van der Waals surface area contributed by atoms with Gasteiger partial charge in [-0.3, -0.25) is 9.36 Å². The van der Waals surface area contributed by atoms with Crippen LogP contribution in [0.1, 0.15) is 5.82 Å². The first kappa shape index (κ1) is 14.2. The number of nitrogens with zero attached hydrogens (tertiary/aromatic N) is 2. The van der Waals surface area contributed by atoms with Crippen LogP contribution in [0.15, 0.2) is 51.7 Å². The summed E-state index contributed by atoms with van der Waals surface area (Å²) in [5.74, 6) is 0.0987. The van der Waals surface area contributed by atoms with Crippen molar-refractivity contribution >= 4 is 38.4 Å². The van der Waals surface area contributed by atoms with Gasteiger partial charge in [-0.15, -0.1) is 11.6 Å². The molecule has 0 aliphatic rings. The number of halogens is 3. The predicted octanol–water partition coefficient (Wildman–Crippen LogP) is 4.03. The molecule has 0 saturated carbocycles. The van der Waals surface area contributed by atoms with E-state index in [1.807, 2.05) is 6.07 Å². The summed E-state index contributed by atoms with van der Waals surface area (Å²) in [7, 11) is 0. The fraction of sp³-hybridized carbons (Fsp3) is 0.0667. The summed E-state index contributed by atoms with van der Waals surface area (Å²) in [5.41, 5.74) is 0.882. The Morgan fingerprint density at radius 3 is 2.71 bits per heavy atom. The average molecular weight is 368 g/mol. The van der Waals surface area contributed by atoms with Crippen molar-refractivity contribution in [2.24, 2.45) is 0 Å². The van der Waals surface area contributed by atoms with Crippen molar-refractivity contribution in [2.45, 2.75) is 5.88 Å². The molecule has 2 aromatic carbocycles. The van der Waals surface area contributed by atoms with Gasteiger partial charge in [-0.1, -0.05) is 12.1 Å². The second-order valence-electron chi connectivity index (χ2n) is 4.42. The molecule has 0 saturated heterocycles. The normalized spacial score (nSPS) is 11.0. The zero-order chi connectivity index (χ0) is 15.0. The van der Waals surface area contributed by atoms with E-state index in [4.69, 9.17) is 11.6 Å². The van der Waals surface area contributed by atoms with Crippen LogP contribution in [0.4, 0.5) is 4.39 Å². The van der Waals surface area contributed by atoms with Crippen LogP contribution >= 0.6 is 27.5 Å². The van der Waals surface area contributed by atoms with Gasteiger partial charge in [0, 0.05) is 0 Å². The molecule has 1 aromatic heterocycles. The molecule has 6 heteroatoms. The molecule has 0 radical (unpaired) electrons. The highest BCUT2D eigenvalue weighted by Gasteiger charge is 2.13. The molecule has 0 amide bonds. The molecule has 106 valence electrons. The van der Waals surface area contributed by atoms with Gasteiger partial charge >= 0.3 is 0 Å². The van der Waals surface area contributed by atoms with E-state index in [2.05, 4.69) is 20.9 Å². The van der Waals surface area contributed by atoms with Crippen molar-refractivity contribution in [3.63, 3.8) is 0 Å². The van der Waals surface area contributed by atoms with Crippen molar-refractivity contribution in [3.8, 4) is 5.69 Å². The van der Waals surface area contributed by atoms with Gasteiger partial charge in [0.25, 0.3) is 5.56 Å². The van der Waals surface area contributed by atoms with E-state index in [-0.39, 0.29) is 15.9 Å². The molecule has 0 N–H and O–H groups in total. The van der Waals surface area contributed by atoms with Gasteiger partial charge in [0.2, 0.25) is 0 Å². The largest absolute Gasteiger partial charge is 0.268 e. The first-order valence-corrected chi connectivity index (χ1v) is 7.46. The lowest BCUT2D eigenvalue weighted by Crippen LogP contribution is -2.23. The third-order valence-electron chi connectivity index (χ3n) is 3.13. The first-order valence-electron chi connectivity index (χ1n) is 6.14. The lowest BCUT2D eigenvalue weighted by Gasteiger charge is -2.12. The molecule has 0 aliphatic carbocycles. The maximum Gasteiger partial charge on any atom is 0.266 e. The van der Waals surface area contributed by atoms with Crippen molar-refractivity contribution in [2.75, 3.05) is 0 Å². The molecule has 3 aromatic rings. The Balaban J connectivity index is 2.37. The topological polar surface area (TPSA) is 34.9 Å². The summed E-state index contributed by atoms with van der Waals surface area (Å²) >= 11 is 9.04. The summed E-state index contributed by atoms with van der Waals surface area (Å²) in [6.07, 6.45) is 0. The third kappa shape index (κ3) is 2.47. The van der Waals surface area contributed by atoms with Crippen molar-refractivity contribution in [1.29, 1.82) is 0 Å². The molecule has 0 spiro atoms. The molecule has 3 rings (SSSR count). The molecule has 0 atom stereocenters. The van der Waals surface area contributed by atoms with E-state index in [0.29, 0.717) is 22.4 Å². The van der Waals surface area contributed by atoms with E-state index in [1.54, 1.807) is 18.2 Å². The summed E-state index contributed by atoms with van der Waals surface area (Å²) in [6, 6.07) is 11.4. The number of hydrogen-bond donors (Lipinski definition) is 0. The van der Waals surface area contributed by atoms with Gasteiger partial charge in [0.15, 0.2) is 0 Å². The molecular weight excluding hydrogens is 359 g/mol. The van der Waals surface area contributed by atoms with Gasteiger partial charge in [-0.25, -0.2) is 9.37 Å². The second kappa shape index (κ2) is 5.58. The van der Waals surface area contributed by atoms with Crippen LogP contribution in [0.3, 0.4) is 0 Å². The lowest BCUT2D eigenvalue weighted by molar-refractivity contribution is 0.620. The first-order chi connectivity index (χ1) is 10.1. The van der Waals surface area contributed by atoms with Crippen molar-refractivity contribution < 1.29 is 4.39 Å². The Morgan fingerprint density at radius 1 is 1.24 bits per heavy atom. The number of rotatable bonds is 2. The van der Waals surface area contributed by atoms with E-state index in [1.165, 1.54) is 22.8 Å². The molecule has 3 nitrogen and oxygen atoms in total. The Bertz CT molecular complexity index is 894. The van der Waals surface area contributed by atoms with Crippen molar-refractivity contribution in [3.05, 3.63) is 68.9 Å². The van der Waals surface area contributed by atoms with Crippen LogP contribution in [-0.2, 0) is 5.88 Å². The SMILES string of the molecule is O=c1c2ccccc2nc(CCl)n1-c1ccc(F)c(Br)c1. The summed E-state index contributed by atoms with van der Waals surface area (Å²) in [4.78, 5) is 17.1. The van der Waals surface area contributed by atoms with Gasteiger partial charge in [-0.05, 0) is 46.3 Å². The minimum Gasteiger partial charge on any atom is -0.268 e. The van der Waals surface area contributed by atoms with Crippen LogP contribution in [0, 0.1) is 5.82 Å². The maximum atomic E-state index is 13.4. The fourth-order valence-corrected chi connectivity index (χ4v) is 2.70. The minimum absolute atomic E-state index is 0.0784. The number of aromatic nitrogens is 2. The Kier molecular flexibility index (Phi) is 3.78. The second-order valence-corrected chi connectivity index (χ2v) is 5.54. The average Bonchev–Trinajstić information content (AvgIpc) is 2.50. The van der Waals surface area contributed by atoms with Crippen LogP contribution in [0.5, 0.6) is 0 Å². The monoisotopic (exact) mass is 366 g/mol. The van der Waals surface area contributed by atoms with Gasteiger partial charge < -0.3 is 0 Å². The van der Waals surface area contributed by atoms with Gasteiger partial charge in [-0.2, -0.15) is 0 Å². The number of para-hydroxylation sites is 1. The predicted molar refractivity (Wildman–Crippen MR) is 84.6 cm³/mol. The third-order valence-corrected chi connectivity index (χ3v) is 3.97. The summed E-state index contributed by atoms with van der Waals surface area (Å²) in [5, 5.41) is 0.492. The Hall–Kier alpha value is -1.72. The van der Waals surface area contributed by atoms with Crippen LogP contribution in [0.2, 0.25) is 0 Å². The summed E-state index contributed by atoms with van der Waals surface area (Å²) < 4.78 is 15.1.